The van der Waals surface area contributed by atoms with Crippen molar-refractivity contribution in [3.8, 4) is 11.5 Å². The number of benzene rings is 2. The monoisotopic (exact) mass is 492 g/mol. The van der Waals surface area contributed by atoms with E-state index in [1.54, 1.807) is 0 Å². The van der Waals surface area contributed by atoms with Crippen LogP contribution in [0.5, 0.6) is 11.5 Å². The minimum absolute atomic E-state index is 0.0776. The van der Waals surface area contributed by atoms with Gasteiger partial charge in [0.15, 0.2) is 6.33 Å². The van der Waals surface area contributed by atoms with Crippen LogP contribution in [-0.2, 0) is 5.60 Å². The molecule has 1 N–H and O–H groups in total. The molecule has 0 fully saturated rings. The molecule has 0 bridgehead atoms. The normalized spacial score (nSPS) is 14.4. The van der Waals surface area contributed by atoms with Gasteiger partial charge in [-0.2, -0.15) is 35.5 Å². The van der Waals surface area contributed by atoms with Gasteiger partial charge in [0.2, 0.25) is 0 Å². The average molecular weight is 492 g/mol. The van der Waals surface area contributed by atoms with Crippen LogP contribution < -0.4 is 9.47 Å². The van der Waals surface area contributed by atoms with Crippen molar-refractivity contribution in [2.75, 3.05) is 0 Å². The van der Waals surface area contributed by atoms with Gasteiger partial charge in [-0.15, -0.1) is 10.2 Å². The molecule has 2 unspecified atom stereocenters. The van der Waals surface area contributed by atoms with Gasteiger partial charge in [0.25, 0.3) is 0 Å². The molecule has 182 valence electrons. The second-order valence-electron chi connectivity index (χ2n) is 6.82. The van der Waals surface area contributed by atoms with Gasteiger partial charge in [-0.05, 0) is 35.9 Å². The molecule has 3 aromatic rings. The van der Waals surface area contributed by atoms with Crippen molar-refractivity contribution in [1.82, 2.24) is 20.2 Å². The summed E-state index contributed by atoms with van der Waals surface area (Å²) in [5, 5.41) is 22.8. The summed E-state index contributed by atoms with van der Waals surface area (Å²) in [7, 11) is 0. The first-order chi connectivity index (χ1) is 16.0. The first-order valence-electron chi connectivity index (χ1n) is 9.35. The Labute approximate surface area is 187 Å². The summed E-state index contributed by atoms with van der Waals surface area (Å²) in [4.78, 5) is 0.924. The molecule has 0 aliphatic heterocycles. The Morgan fingerprint density at radius 3 is 2.24 bits per heavy atom. The van der Waals surface area contributed by atoms with Gasteiger partial charge < -0.3 is 14.6 Å². The van der Waals surface area contributed by atoms with E-state index in [1.807, 2.05) is 0 Å². The standard InChI is InChI=1S/C20H15F7N4O3/c1-11(31-29-10-28-30-31)19(32,12-6-8-13(9-7-12)33-17(23)16(21)22)14-4-2-3-5-15(14)34-20(26,27)18(24)25/h2-11,18,32H,1H3. The number of ether oxygens (including phenoxy) is 2. The van der Waals surface area contributed by atoms with Crippen LogP contribution in [0.2, 0.25) is 0 Å². The molecule has 0 saturated carbocycles. The zero-order valence-corrected chi connectivity index (χ0v) is 17.0. The molecule has 0 radical (unpaired) electrons. The van der Waals surface area contributed by atoms with Crippen LogP contribution in [0, 0.1) is 0 Å². The van der Waals surface area contributed by atoms with E-state index in [-0.39, 0.29) is 16.9 Å². The van der Waals surface area contributed by atoms with Gasteiger partial charge in [0, 0.05) is 5.56 Å². The Morgan fingerprint density at radius 2 is 1.68 bits per heavy atom. The topological polar surface area (TPSA) is 82.3 Å². The molecule has 0 aliphatic rings. The number of nitrogens with zero attached hydrogens (tertiary/aromatic N) is 4. The SMILES string of the molecule is CC(n1ncnn1)C(O)(c1ccc(OC(F)=C(F)F)cc1)c1ccccc1OC(F)(F)C(F)F. The summed E-state index contributed by atoms with van der Waals surface area (Å²) in [6, 6.07) is 5.57. The number of tetrazole rings is 1. The van der Waals surface area contributed by atoms with Gasteiger partial charge in [-0.25, -0.2) is 0 Å². The molecule has 0 amide bonds. The minimum Gasteiger partial charge on any atom is -0.428 e. The summed E-state index contributed by atoms with van der Waals surface area (Å²) in [6.07, 6.45) is -10.7. The maximum absolute atomic E-state index is 13.7. The van der Waals surface area contributed by atoms with Crippen LogP contribution in [-0.4, -0.2) is 37.8 Å². The van der Waals surface area contributed by atoms with E-state index in [2.05, 4.69) is 24.9 Å². The molecule has 0 saturated heterocycles. The molecule has 14 heteroatoms. The molecule has 2 atom stereocenters. The van der Waals surface area contributed by atoms with E-state index in [4.69, 9.17) is 0 Å². The Balaban J connectivity index is 2.13. The second kappa shape index (κ2) is 9.67. The highest BCUT2D eigenvalue weighted by molar-refractivity contribution is 5.47. The molecular weight excluding hydrogens is 477 g/mol. The number of hydrogen-bond acceptors (Lipinski definition) is 6. The number of hydrogen-bond donors (Lipinski definition) is 1. The third-order valence-electron chi connectivity index (χ3n) is 4.76. The summed E-state index contributed by atoms with van der Waals surface area (Å²) in [5.74, 6) is -1.16. The third kappa shape index (κ3) is 4.95. The van der Waals surface area contributed by atoms with E-state index in [0.29, 0.717) is 0 Å². The summed E-state index contributed by atoms with van der Waals surface area (Å²) >= 11 is 0. The van der Waals surface area contributed by atoms with Crippen LogP contribution in [0.1, 0.15) is 24.1 Å². The Morgan fingerprint density at radius 1 is 1.03 bits per heavy atom. The summed E-state index contributed by atoms with van der Waals surface area (Å²) in [5.41, 5.74) is -2.78. The predicted octanol–water partition coefficient (Wildman–Crippen LogP) is 4.82. The average Bonchev–Trinajstić information content (AvgIpc) is 3.33. The lowest BCUT2D eigenvalue weighted by Gasteiger charge is -2.35. The first kappa shape index (κ1) is 25.0. The number of rotatable bonds is 9. The lowest BCUT2D eigenvalue weighted by molar-refractivity contribution is -0.254. The van der Waals surface area contributed by atoms with Crippen LogP contribution in [0.4, 0.5) is 30.7 Å². The fraction of sp³-hybridized carbons (Fsp3) is 0.250. The van der Waals surface area contributed by atoms with Gasteiger partial charge in [-0.3, -0.25) is 0 Å². The number of para-hydroxylation sites is 1. The Bertz CT molecular complexity index is 1140. The molecular formula is C20H15F7N4O3. The van der Waals surface area contributed by atoms with Crippen molar-refractivity contribution in [2.45, 2.75) is 31.1 Å². The Hall–Kier alpha value is -3.68. The van der Waals surface area contributed by atoms with Gasteiger partial charge in [0.1, 0.15) is 23.1 Å². The van der Waals surface area contributed by atoms with E-state index < -0.39 is 42.0 Å². The highest BCUT2D eigenvalue weighted by atomic mass is 19.3. The van der Waals surface area contributed by atoms with Crippen molar-refractivity contribution in [2.24, 2.45) is 0 Å². The number of aliphatic hydroxyl groups is 1. The van der Waals surface area contributed by atoms with Crippen molar-refractivity contribution < 1.29 is 45.3 Å². The zero-order valence-electron chi connectivity index (χ0n) is 17.0. The van der Waals surface area contributed by atoms with E-state index in [9.17, 15) is 35.8 Å². The predicted molar refractivity (Wildman–Crippen MR) is 101 cm³/mol. The van der Waals surface area contributed by atoms with Gasteiger partial charge in [-0.1, -0.05) is 30.3 Å². The van der Waals surface area contributed by atoms with Crippen molar-refractivity contribution >= 4 is 0 Å². The van der Waals surface area contributed by atoms with Crippen LogP contribution >= 0.6 is 0 Å². The fourth-order valence-electron chi connectivity index (χ4n) is 3.12. The quantitative estimate of drug-likeness (QED) is 0.341. The molecule has 7 nitrogen and oxygen atoms in total. The highest BCUT2D eigenvalue weighted by Crippen LogP contribution is 2.45. The van der Waals surface area contributed by atoms with E-state index >= 15 is 0 Å². The lowest BCUT2D eigenvalue weighted by Crippen LogP contribution is -2.40. The van der Waals surface area contributed by atoms with Crippen LogP contribution in [0.25, 0.3) is 0 Å². The number of alkyl halides is 4. The van der Waals surface area contributed by atoms with E-state index in [0.717, 1.165) is 47.5 Å². The summed E-state index contributed by atoms with van der Waals surface area (Å²) in [6.45, 7) is 1.37. The molecule has 0 aliphatic carbocycles. The first-order valence-corrected chi connectivity index (χ1v) is 9.35. The Kier molecular flexibility index (Phi) is 7.09. The van der Waals surface area contributed by atoms with Crippen molar-refractivity contribution in [3.63, 3.8) is 0 Å². The fourth-order valence-corrected chi connectivity index (χ4v) is 3.12. The molecule has 2 aromatic carbocycles. The van der Waals surface area contributed by atoms with E-state index in [1.165, 1.54) is 19.1 Å². The summed E-state index contributed by atoms with van der Waals surface area (Å²) < 4.78 is 99.2. The zero-order chi connectivity index (χ0) is 25.1. The lowest BCUT2D eigenvalue weighted by atomic mass is 9.80. The van der Waals surface area contributed by atoms with Gasteiger partial charge in [0.05, 0.1) is 0 Å². The van der Waals surface area contributed by atoms with Crippen molar-refractivity contribution in [1.29, 1.82) is 0 Å². The number of halogens is 7. The minimum atomic E-state index is -4.89. The molecule has 1 aromatic heterocycles. The highest BCUT2D eigenvalue weighted by Gasteiger charge is 2.47. The van der Waals surface area contributed by atoms with Crippen molar-refractivity contribution in [3.05, 3.63) is 78.1 Å². The second-order valence-corrected chi connectivity index (χ2v) is 6.82. The van der Waals surface area contributed by atoms with Crippen LogP contribution in [0.15, 0.2) is 67.0 Å². The van der Waals surface area contributed by atoms with Crippen LogP contribution in [0.3, 0.4) is 0 Å². The third-order valence-corrected chi connectivity index (χ3v) is 4.76. The molecule has 0 spiro atoms. The number of aromatic nitrogens is 4. The maximum Gasteiger partial charge on any atom is 0.461 e. The molecule has 3 rings (SSSR count). The maximum atomic E-state index is 13.7. The largest absolute Gasteiger partial charge is 0.461 e. The molecule has 34 heavy (non-hydrogen) atoms. The smallest absolute Gasteiger partial charge is 0.428 e. The molecule has 1 heterocycles. The van der Waals surface area contributed by atoms with Gasteiger partial charge >= 0.3 is 24.6 Å².